The molecular weight excluding hydrogens is 366 g/mol. The molecule has 6 nitrogen and oxygen atoms in total. The smallest absolute Gasteiger partial charge is 0.319 e. The average Bonchev–Trinajstić information content (AvgIpc) is 3.18. The lowest BCUT2D eigenvalue weighted by Crippen LogP contribution is -2.28. The molecule has 7 heteroatoms. The van der Waals surface area contributed by atoms with E-state index < -0.39 is 5.91 Å². The molecule has 0 aliphatic rings. The molecule has 0 spiro atoms. The number of hydrogen-bond acceptors (Lipinski definition) is 3. The Kier molecular flexibility index (Phi) is 5.78. The molecule has 0 fully saturated rings. The lowest BCUT2D eigenvalue weighted by molar-refractivity contribution is 0.0996. The minimum Gasteiger partial charge on any atom is -0.459 e. The van der Waals surface area contributed by atoms with E-state index in [2.05, 4.69) is 16.0 Å². The summed E-state index contributed by atoms with van der Waals surface area (Å²) in [5, 5.41) is 8.43. The standard InChI is InChI=1S/C20H18ClN3O3/c1-13-4-6-14(7-5-13)12-22-20(26)23-15-8-9-17(16(21)11-15)24-19(25)18-3-2-10-27-18/h2-11H,12H2,1H3,(H,24,25)(H2,22,23,26). The second kappa shape index (κ2) is 8.42. The van der Waals surface area contributed by atoms with Crippen molar-refractivity contribution in [2.24, 2.45) is 0 Å². The number of rotatable bonds is 5. The lowest BCUT2D eigenvalue weighted by Gasteiger charge is -2.10. The quantitative estimate of drug-likeness (QED) is 0.590. The summed E-state index contributed by atoms with van der Waals surface area (Å²) < 4.78 is 5.03. The minimum atomic E-state index is -0.404. The van der Waals surface area contributed by atoms with Crippen molar-refractivity contribution >= 4 is 34.9 Å². The summed E-state index contributed by atoms with van der Waals surface area (Å²) >= 11 is 6.19. The molecule has 1 aromatic heterocycles. The van der Waals surface area contributed by atoms with Gasteiger partial charge in [-0.05, 0) is 42.8 Å². The van der Waals surface area contributed by atoms with Crippen LogP contribution >= 0.6 is 11.6 Å². The van der Waals surface area contributed by atoms with Crippen molar-refractivity contribution in [1.82, 2.24) is 5.32 Å². The zero-order chi connectivity index (χ0) is 19.2. The van der Waals surface area contributed by atoms with Crippen LogP contribution in [0.1, 0.15) is 21.7 Å². The molecule has 27 heavy (non-hydrogen) atoms. The topological polar surface area (TPSA) is 83.4 Å². The number of aryl methyl sites for hydroxylation is 1. The third-order valence-corrected chi connectivity index (χ3v) is 4.11. The van der Waals surface area contributed by atoms with Gasteiger partial charge in [0.15, 0.2) is 5.76 Å². The van der Waals surface area contributed by atoms with Gasteiger partial charge in [-0.3, -0.25) is 4.79 Å². The first-order valence-electron chi connectivity index (χ1n) is 8.26. The molecule has 3 N–H and O–H groups in total. The van der Waals surface area contributed by atoms with Crippen molar-refractivity contribution in [2.75, 3.05) is 10.6 Å². The highest BCUT2D eigenvalue weighted by Crippen LogP contribution is 2.26. The molecule has 0 aliphatic heterocycles. The molecule has 0 aliphatic carbocycles. The largest absolute Gasteiger partial charge is 0.459 e. The number of furan rings is 1. The molecule has 0 unspecified atom stereocenters. The minimum absolute atomic E-state index is 0.184. The van der Waals surface area contributed by atoms with Crippen LogP contribution in [0, 0.1) is 6.92 Å². The summed E-state index contributed by atoms with van der Waals surface area (Å²) in [7, 11) is 0. The average molecular weight is 384 g/mol. The Hall–Kier alpha value is -3.25. The normalized spacial score (nSPS) is 10.3. The Morgan fingerprint density at radius 2 is 1.81 bits per heavy atom. The first-order chi connectivity index (χ1) is 13.0. The number of carbonyl (C=O) groups is 2. The fourth-order valence-electron chi connectivity index (χ4n) is 2.35. The molecule has 138 valence electrons. The van der Waals surface area contributed by atoms with Crippen LogP contribution in [-0.2, 0) is 6.54 Å². The number of urea groups is 1. The van der Waals surface area contributed by atoms with Crippen LogP contribution in [0.5, 0.6) is 0 Å². The Morgan fingerprint density at radius 1 is 1.04 bits per heavy atom. The predicted molar refractivity (Wildman–Crippen MR) is 105 cm³/mol. The van der Waals surface area contributed by atoms with Gasteiger partial charge >= 0.3 is 6.03 Å². The number of halogens is 1. The van der Waals surface area contributed by atoms with Crippen LogP contribution in [0.2, 0.25) is 5.02 Å². The summed E-state index contributed by atoms with van der Waals surface area (Å²) in [5.74, 6) is -0.220. The number of carbonyl (C=O) groups excluding carboxylic acids is 2. The van der Waals surface area contributed by atoms with Gasteiger partial charge < -0.3 is 20.4 Å². The zero-order valence-electron chi connectivity index (χ0n) is 14.6. The Bertz CT molecular complexity index is 938. The van der Waals surface area contributed by atoms with Crippen LogP contribution < -0.4 is 16.0 Å². The van der Waals surface area contributed by atoms with Crippen LogP contribution in [0.4, 0.5) is 16.2 Å². The summed E-state index contributed by atoms with van der Waals surface area (Å²) in [5.41, 5.74) is 3.10. The van der Waals surface area contributed by atoms with Crippen molar-refractivity contribution in [2.45, 2.75) is 13.5 Å². The van der Waals surface area contributed by atoms with Gasteiger partial charge in [-0.15, -0.1) is 0 Å². The van der Waals surface area contributed by atoms with Gasteiger partial charge in [-0.2, -0.15) is 0 Å². The van der Waals surface area contributed by atoms with E-state index in [0.29, 0.717) is 22.9 Å². The molecule has 0 bridgehead atoms. The number of amides is 3. The molecule has 3 aromatic rings. The van der Waals surface area contributed by atoms with E-state index in [1.807, 2.05) is 31.2 Å². The third-order valence-electron chi connectivity index (χ3n) is 3.79. The van der Waals surface area contributed by atoms with Gasteiger partial charge in [0.05, 0.1) is 17.0 Å². The van der Waals surface area contributed by atoms with E-state index in [1.165, 1.54) is 6.26 Å². The van der Waals surface area contributed by atoms with Gasteiger partial charge in [-0.25, -0.2) is 4.79 Å². The maximum Gasteiger partial charge on any atom is 0.319 e. The number of hydrogen-bond donors (Lipinski definition) is 3. The van der Waals surface area contributed by atoms with Crippen molar-refractivity contribution in [3.63, 3.8) is 0 Å². The molecule has 1 heterocycles. The number of benzene rings is 2. The fraction of sp³-hybridized carbons (Fsp3) is 0.100. The van der Waals surface area contributed by atoms with Crippen molar-refractivity contribution in [1.29, 1.82) is 0 Å². The summed E-state index contributed by atoms with van der Waals surface area (Å²) in [6, 6.07) is 15.6. The maximum atomic E-state index is 12.0. The van der Waals surface area contributed by atoms with E-state index in [-0.39, 0.29) is 11.8 Å². The molecule has 2 aromatic carbocycles. The van der Waals surface area contributed by atoms with Crippen molar-refractivity contribution < 1.29 is 14.0 Å². The first kappa shape index (κ1) is 18.5. The van der Waals surface area contributed by atoms with E-state index in [9.17, 15) is 9.59 Å². The number of anilines is 2. The second-order valence-corrected chi connectivity index (χ2v) is 6.33. The highest BCUT2D eigenvalue weighted by atomic mass is 35.5. The van der Waals surface area contributed by atoms with E-state index >= 15 is 0 Å². The molecule has 0 saturated heterocycles. The summed E-state index contributed by atoms with van der Waals surface area (Å²) in [4.78, 5) is 24.0. The highest BCUT2D eigenvalue weighted by molar-refractivity contribution is 6.34. The SMILES string of the molecule is Cc1ccc(CNC(=O)Nc2ccc(NC(=O)c3ccco3)c(Cl)c2)cc1. The lowest BCUT2D eigenvalue weighted by atomic mass is 10.1. The Labute approximate surface area is 161 Å². The summed E-state index contributed by atoms with van der Waals surface area (Å²) in [6.45, 7) is 2.42. The van der Waals surface area contributed by atoms with Crippen LogP contribution in [0.25, 0.3) is 0 Å². The van der Waals surface area contributed by atoms with E-state index in [0.717, 1.165) is 11.1 Å². The predicted octanol–water partition coefficient (Wildman–Crippen LogP) is 4.82. The van der Waals surface area contributed by atoms with E-state index in [4.69, 9.17) is 16.0 Å². The van der Waals surface area contributed by atoms with Gasteiger partial charge in [0.2, 0.25) is 0 Å². The Morgan fingerprint density at radius 3 is 2.48 bits per heavy atom. The van der Waals surface area contributed by atoms with Crippen LogP contribution in [0.3, 0.4) is 0 Å². The molecule has 0 radical (unpaired) electrons. The first-order valence-corrected chi connectivity index (χ1v) is 8.64. The van der Waals surface area contributed by atoms with Crippen molar-refractivity contribution in [3.05, 3.63) is 82.8 Å². The van der Waals surface area contributed by atoms with Gasteiger partial charge in [0.1, 0.15) is 0 Å². The number of nitrogens with one attached hydrogen (secondary N) is 3. The van der Waals surface area contributed by atoms with Crippen LogP contribution in [0.15, 0.2) is 65.3 Å². The fourth-order valence-corrected chi connectivity index (χ4v) is 2.58. The van der Waals surface area contributed by atoms with Crippen molar-refractivity contribution in [3.8, 4) is 0 Å². The molecule has 3 amide bonds. The zero-order valence-corrected chi connectivity index (χ0v) is 15.3. The maximum absolute atomic E-state index is 12.0. The highest BCUT2D eigenvalue weighted by Gasteiger charge is 2.12. The van der Waals surface area contributed by atoms with Gasteiger partial charge in [-0.1, -0.05) is 41.4 Å². The molecule has 0 saturated carbocycles. The van der Waals surface area contributed by atoms with E-state index in [1.54, 1.807) is 30.3 Å². The third kappa shape index (κ3) is 5.12. The van der Waals surface area contributed by atoms with Gasteiger partial charge in [0, 0.05) is 12.2 Å². The van der Waals surface area contributed by atoms with Gasteiger partial charge in [0.25, 0.3) is 5.91 Å². The molecule has 3 rings (SSSR count). The Balaban J connectivity index is 1.55. The molecule has 0 atom stereocenters. The van der Waals surface area contributed by atoms with Crippen LogP contribution in [-0.4, -0.2) is 11.9 Å². The second-order valence-electron chi connectivity index (χ2n) is 5.92. The monoisotopic (exact) mass is 383 g/mol. The molecular formula is C20H18ClN3O3. The summed E-state index contributed by atoms with van der Waals surface area (Å²) in [6.07, 6.45) is 1.42.